The van der Waals surface area contributed by atoms with Crippen LogP contribution in [-0.2, 0) is 62.2 Å². The molecule has 1 spiro atoms. The van der Waals surface area contributed by atoms with Gasteiger partial charge in [-0.2, -0.15) is 0 Å². The zero-order chi connectivity index (χ0) is 47.5. The summed E-state index contributed by atoms with van der Waals surface area (Å²) < 4.78 is 35.9. The molecule has 0 aromatic heterocycles. The summed E-state index contributed by atoms with van der Waals surface area (Å²) in [4.78, 5) is 25.9. The summed E-state index contributed by atoms with van der Waals surface area (Å²) in [5.74, 6) is 1.55. The molecule has 14 heteroatoms. The van der Waals surface area contributed by atoms with E-state index < -0.39 is 22.6 Å². The van der Waals surface area contributed by atoms with Gasteiger partial charge in [-0.3, -0.25) is 9.59 Å². The fourth-order valence-corrected chi connectivity index (χ4v) is 9.95. The molecular weight excluding hydrogens is 863 g/mol. The molecule has 4 aromatic rings. The Balaban J connectivity index is 0.905. The van der Waals surface area contributed by atoms with Crippen molar-refractivity contribution in [2.24, 2.45) is 5.41 Å². The number of benzene rings is 4. The lowest BCUT2D eigenvalue weighted by molar-refractivity contribution is -0.117. The Bertz CT molecular complexity index is 2050. The third kappa shape index (κ3) is 13.4. The van der Waals surface area contributed by atoms with Crippen LogP contribution >= 0.6 is 17.2 Å². The summed E-state index contributed by atoms with van der Waals surface area (Å²) >= 11 is 0. The van der Waals surface area contributed by atoms with Crippen molar-refractivity contribution in [3.05, 3.63) is 106 Å². The first-order valence-electron chi connectivity index (χ1n) is 22.3. The maximum atomic E-state index is 13.0. The Kier molecular flexibility index (Phi) is 15.4. The van der Waals surface area contributed by atoms with Gasteiger partial charge in [-0.25, -0.2) is 0 Å². The van der Waals surface area contributed by atoms with Crippen LogP contribution in [0, 0.1) is 5.41 Å². The molecule has 0 atom stereocenters. The van der Waals surface area contributed by atoms with Crippen molar-refractivity contribution in [2.75, 3.05) is 37.1 Å². The quantitative estimate of drug-likeness (QED) is 0.101. The van der Waals surface area contributed by atoms with Crippen LogP contribution in [0.3, 0.4) is 0 Å². The van der Waals surface area contributed by atoms with Gasteiger partial charge in [-0.05, 0) is 116 Å². The molecule has 0 radical (unpaired) electrons. The van der Waals surface area contributed by atoms with E-state index in [1.54, 1.807) is 48.5 Å². The number of amides is 2. The van der Waals surface area contributed by atoms with E-state index in [1.165, 1.54) is 0 Å². The molecule has 0 unspecified atom stereocenters. The average Bonchev–Trinajstić information content (AvgIpc) is 3.21. The molecule has 6 rings (SSSR count). The number of rotatable bonds is 12. The normalized spacial score (nSPS) is 19.4. The minimum absolute atomic E-state index is 0.108. The van der Waals surface area contributed by atoms with Crippen LogP contribution in [0.2, 0.25) is 0 Å². The molecule has 12 nitrogen and oxygen atoms in total. The monoisotopic (exact) mass is 930 g/mol. The van der Waals surface area contributed by atoms with Gasteiger partial charge in [0.25, 0.3) is 0 Å². The number of aryl methyl sites for hydroxylation is 2. The van der Waals surface area contributed by atoms with Crippen LogP contribution in [0.1, 0.15) is 129 Å². The molecule has 2 fully saturated rings. The molecule has 4 aromatic carbocycles. The number of phenols is 2. The largest absolute Gasteiger partial charge is 0.507 e. The highest BCUT2D eigenvalue weighted by atomic mass is 31.2. The van der Waals surface area contributed by atoms with Crippen LogP contribution in [0.5, 0.6) is 23.0 Å². The van der Waals surface area contributed by atoms with Crippen LogP contribution in [0.4, 0.5) is 11.4 Å². The number of hydrogen-bond donors (Lipinski definition) is 4. The molecular formula is C51H68N2O10P2. The average molecular weight is 931 g/mol. The maximum absolute atomic E-state index is 13.0. The summed E-state index contributed by atoms with van der Waals surface area (Å²) in [6, 6.07) is 22.3. The van der Waals surface area contributed by atoms with Gasteiger partial charge in [0.2, 0.25) is 11.8 Å². The van der Waals surface area contributed by atoms with Crippen molar-refractivity contribution >= 4 is 40.4 Å². The number of carbonyl (C=O) groups excluding carboxylic acids is 2. The predicted molar refractivity (Wildman–Crippen MR) is 259 cm³/mol. The van der Waals surface area contributed by atoms with Gasteiger partial charge in [0.15, 0.2) is 0 Å². The molecule has 2 heterocycles. The fraction of sp³-hybridized carbons (Fsp3) is 0.490. The number of hydrogen-bond acceptors (Lipinski definition) is 10. The standard InChI is InChI=1S/C51H68N2O10P2/c1-47(2,3)39-25-33(26-40(45(39)56)48(4,5)6)13-23-43(54)52-35-15-19-37(20-16-35)62-64-58-29-51(30-59-64)31-60-65(61-32-51)63-38-21-17-36(18-22-38)53-44(55)24-14-34-27-41(49(7,8)9)46(57)42(28-34)50(10,11)12/h15-22,25-28,56-57H,13-14,23-24,29-32H2,1-12H3,(H,52,54)(H,53,55). The van der Waals surface area contributed by atoms with E-state index in [0.717, 1.165) is 33.4 Å². The molecule has 0 bridgehead atoms. The zero-order valence-electron chi connectivity index (χ0n) is 40.1. The summed E-state index contributed by atoms with van der Waals surface area (Å²) in [5, 5.41) is 28.0. The Labute approximate surface area is 388 Å². The predicted octanol–water partition coefficient (Wildman–Crippen LogP) is 12.4. The maximum Gasteiger partial charge on any atom is 0.397 e. The van der Waals surface area contributed by atoms with Crippen LogP contribution in [-0.4, -0.2) is 48.5 Å². The van der Waals surface area contributed by atoms with Gasteiger partial charge in [-0.1, -0.05) is 107 Å². The Morgan fingerprint density at radius 3 is 1.06 bits per heavy atom. The lowest BCUT2D eigenvalue weighted by Crippen LogP contribution is -2.45. The Morgan fingerprint density at radius 1 is 0.523 bits per heavy atom. The highest BCUT2D eigenvalue weighted by Gasteiger charge is 2.45. The Hall–Kier alpha value is -4.28. The molecule has 65 heavy (non-hydrogen) atoms. The lowest BCUT2D eigenvalue weighted by Gasteiger charge is -2.41. The van der Waals surface area contributed by atoms with Crippen LogP contribution in [0.15, 0.2) is 72.8 Å². The van der Waals surface area contributed by atoms with E-state index in [0.29, 0.717) is 86.5 Å². The van der Waals surface area contributed by atoms with Gasteiger partial charge < -0.3 is 48.0 Å². The third-order valence-electron chi connectivity index (χ3n) is 11.4. The smallest absolute Gasteiger partial charge is 0.397 e. The van der Waals surface area contributed by atoms with E-state index in [4.69, 9.17) is 27.1 Å². The number of nitrogens with one attached hydrogen (secondary N) is 2. The van der Waals surface area contributed by atoms with Crippen molar-refractivity contribution < 1.29 is 46.9 Å². The van der Waals surface area contributed by atoms with Crippen molar-refractivity contribution in [1.82, 2.24) is 0 Å². The van der Waals surface area contributed by atoms with Crippen LogP contribution in [0.25, 0.3) is 0 Å². The highest BCUT2D eigenvalue weighted by Crippen LogP contribution is 2.53. The molecule has 2 saturated heterocycles. The molecule has 0 saturated carbocycles. The first-order valence-corrected chi connectivity index (χ1v) is 24.5. The van der Waals surface area contributed by atoms with Gasteiger partial charge in [0, 0.05) is 24.2 Å². The van der Waals surface area contributed by atoms with Gasteiger partial charge in [0.1, 0.15) is 23.0 Å². The van der Waals surface area contributed by atoms with Crippen molar-refractivity contribution in [1.29, 1.82) is 0 Å². The van der Waals surface area contributed by atoms with Gasteiger partial charge in [-0.15, -0.1) is 0 Å². The minimum atomic E-state index is -1.65. The van der Waals surface area contributed by atoms with Gasteiger partial charge >= 0.3 is 17.2 Å². The van der Waals surface area contributed by atoms with E-state index in [2.05, 4.69) is 93.7 Å². The van der Waals surface area contributed by atoms with Crippen molar-refractivity contribution in [3.63, 3.8) is 0 Å². The molecule has 4 N–H and O–H groups in total. The lowest BCUT2D eigenvalue weighted by atomic mass is 9.78. The fourth-order valence-electron chi connectivity index (χ4n) is 7.49. The first kappa shape index (κ1) is 50.1. The highest BCUT2D eigenvalue weighted by molar-refractivity contribution is 7.42. The third-order valence-corrected chi connectivity index (χ3v) is 13.5. The number of phenolic OH excluding ortho intramolecular Hbond substituents is 2. The Morgan fingerprint density at radius 2 is 0.800 bits per heavy atom. The first-order chi connectivity index (χ1) is 30.3. The minimum Gasteiger partial charge on any atom is -0.507 e. The van der Waals surface area contributed by atoms with Crippen molar-refractivity contribution in [3.8, 4) is 23.0 Å². The zero-order valence-corrected chi connectivity index (χ0v) is 41.9. The summed E-state index contributed by atoms with van der Waals surface area (Å²) in [6.45, 7) is 26.2. The van der Waals surface area contributed by atoms with Crippen molar-refractivity contribution in [2.45, 2.75) is 130 Å². The molecule has 0 aliphatic carbocycles. The number of anilines is 2. The molecule has 2 amide bonds. The summed E-state index contributed by atoms with van der Waals surface area (Å²) in [6.07, 6.45) is 1.68. The topological polar surface area (TPSA) is 154 Å². The van der Waals surface area contributed by atoms with E-state index in [9.17, 15) is 19.8 Å². The van der Waals surface area contributed by atoms with E-state index in [1.807, 2.05) is 24.3 Å². The number of aromatic hydroxyl groups is 2. The SMILES string of the molecule is CC(C)(C)c1cc(CCC(=O)Nc2ccc(OP3OCC4(CO3)COP(Oc3ccc(NC(=O)CCc5cc(C(C)(C)C)c(O)c(C(C)(C)C)c5)cc3)OC4)cc2)cc(C(C)(C)C)c1O. The molecule has 2 aliphatic heterocycles. The van der Waals surface area contributed by atoms with Crippen LogP contribution < -0.4 is 19.7 Å². The van der Waals surface area contributed by atoms with E-state index in [-0.39, 0.29) is 33.5 Å². The molecule has 352 valence electrons. The second-order valence-corrected chi connectivity index (χ2v) is 23.7. The molecule has 2 aliphatic rings. The second kappa shape index (κ2) is 19.9. The van der Waals surface area contributed by atoms with Gasteiger partial charge in [0.05, 0.1) is 31.8 Å². The number of carbonyl (C=O) groups is 2. The summed E-state index contributed by atoms with van der Waals surface area (Å²) in [7, 11) is -3.30. The second-order valence-electron chi connectivity index (χ2n) is 21.4. The summed E-state index contributed by atoms with van der Waals surface area (Å²) in [5.41, 5.74) is 5.40. The van der Waals surface area contributed by atoms with E-state index >= 15 is 0 Å².